The van der Waals surface area contributed by atoms with E-state index >= 15 is 0 Å². The van der Waals surface area contributed by atoms with Crippen molar-refractivity contribution in [1.29, 1.82) is 0 Å². The number of thiophene rings is 1. The van der Waals surface area contributed by atoms with Gasteiger partial charge in [-0.1, -0.05) is 75.9 Å². The molecule has 4 rings (SSSR count). The summed E-state index contributed by atoms with van der Waals surface area (Å²) in [6, 6.07) is 7.39. The molecule has 21 heteroatoms. The molecule has 2 unspecified atom stereocenters. The number of carbonyl (C=O) groups is 6. The highest BCUT2D eigenvalue weighted by Gasteiger charge is 2.38. The quantitative estimate of drug-likeness (QED) is 0.0375. The van der Waals surface area contributed by atoms with Crippen molar-refractivity contribution in [2.45, 2.75) is 148 Å². The second-order valence-corrected chi connectivity index (χ2v) is 19.8. The number of hydrogen-bond donors (Lipinski definition) is 7. The minimum absolute atomic E-state index is 0.0781. The van der Waals surface area contributed by atoms with Crippen LogP contribution in [0.15, 0.2) is 60.4 Å². The van der Waals surface area contributed by atoms with E-state index in [1.54, 1.807) is 12.5 Å². The number of imidazole rings is 1. The number of phosphoric acid groups is 1. The Morgan fingerprint density at radius 1 is 0.881 bits per heavy atom. The summed E-state index contributed by atoms with van der Waals surface area (Å²) in [6.07, 6.45) is 10.4. The molecular weight excluding hydrogens is 904 g/mol. The number of nitrogens with one attached hydrogen (secondary N) is 4. The van der Waals surface area contributed by atoms with Crippen LogP contribution >= 0.6 is 19.2 Å². The van der Waals surface area contributed by atoms with Gasteiger partial charge in [-0.2, -0.15) is 0 Å². The lowest BCUT2D eigenvalue weighted by atomic mass is 10.0. The van der Waals surface area contributed by atoms with Gasteiger partial charge in [0.1, 0.15) is 30.2 Å². The lowest BCUT2D eigenvalue weighted by Crippen LogP contribution is -2.61. The van der Waals surface area contributed by atoms with Crippen LogP contribution in [-0.2, 0) is 68.2 Å². The van der Waals surface area contributed by atoms with Gasteiger partial charge in [0, 0.05) is 49.6 Å². The first-order chi connectivity index (χ1) is 32.0. The summed E-state index contributed by atoms with van der Waals surface area (Å²) in [5.41, 5.74) is 7.47. The summed E-state index contributed by atoms with van der Waals surface area (Å²) >= 11 is 1.43. The van der Waals surface area contributed by atoms with Gasteiger partial charge in [0.15, 0.2) is 0 Å². The molecule has 1 aromatic carbocycles. The first kappa shape index (κ1) is 54.6. The lowest BCUT2D eigenvalue weighted by Gasteiger charge is -2.28. The van der Waals surface area contributed by atoms with Gasteiger partial charge in [-0.15, -0.1) is 11.3 Å². The van der Waals surface area contributed by atoms with Crippen molar-refractivity contribution in [3.05, 3.63) is 76.5 Å². The first-order valence-corrected chi connectivity index (χ1v) is 25.4. The normalized spacial score (nSPS) is 16.9. The van der Waals surface area contributed by atoms with Crippen LogP contribution in [0, 0.1) is 5.92 Å². The second-order valence-electron chi connectivity index (χ2n) is 17.3. The van der Waals surface area contributed by atoms with Crippen LogP contribution < -0.4 is 27.0 Å². The minimum atomic E-state index is -4.75. The topological polar surface area (TPSA) is 274 Å². The molecule has 2 aromatic heterocycles. The number of aromatic nitrogens is 2. The first-order valence-electron chi connectivity index (χ1n) is 23.1. The minimum Gasteiger partial charge on any atom is -0.394 e. The van der Waals surface area contributed by atoms with Gasteiger partial charge in [0.05, 0.1) is 25.6 Å². The molecule has 0 bridgehead atoms. The summed E-state index contributed by atoms with van der Waals surface area (Å²) < 4.78 is 24.8. The van der Waals surface area contributed by atoms with Crippen molar-refractivity contribution < 1.29 is 52.4 Å². The maximum absolute atomic E-state index is 14.2. The smallest absolute Gasteiger partial charge is 0.394 e. The fourth-order valence-corrected chi connectivity index (χ4v) is 9.53. The van der Waals surface area contributed by atoms with Gasteiger partial charge in [-0.3, -0.25) is 37.8 Å². The molecule has 67 heavy (non-hydrogen) atoms. The van der Waals surface area contributed by atoms with Crippen LogP contribution in [0.5, 0.6) is 0 Å². The summed E-state index contributed by atoms with van der Waals surface area (Å²) in [5.74, 6) is -4.65. The molecule has 1 saturated heterocycles. The zero-order valence-electron chi connectivity index (χ0n) is 39.0. The molecule has 8 N–H and O–H groups in total. The van der Waals surface area contributed by atoms with E-state index < -0.39 is 80.3 Å². The number of aliphatic hydroxyl groups is 1. The van der Waals surface area contributed by atoms with E-state index in [9.17, 15) is 43.3 Å². The van der Waals surface area contributed by atoms with Crippen molar-refractivity contribution in [2.24, 2.45) is 11.7 Å². The van der Waals surface area contributed by atoms with Gasteiger partial charge in [0.25, 0.3) is 0 Å². The van der Waals surface area contributed by atoms with Crippen molar-refractivity contribution in [3.63, 3.8) is 0 Å². The Kier molecular flexibility index (Phi) is 22.6. The van der Waals surface area contributed by atoms with Gasteiger partial charge in [-0.25, -0.2) is 9.55 Å². The molecule has 7 atom stereocenters. The number of primary amides is 1. The summed E-state index contributed by atoms with van der Waals surface area (Å²) in [7, 11) is -4.75. The van der Waals surface area contributed by atoms with Crippen LogP contribution in [0.1, 0.15) is 102 Å². The predicted molar refractivity (Wildman–Crippen MR) is 252 cm³/mol. The van der Waals surface area contributed by atoms with Crippen molar-refractivity contribution in [3.8, 4) is 0 Å². The fourth-order valence-electron chi connectivity index (χ4n) is 7.92. The maximum Gasteiger partial charge on any atom is 0.472 e. The van der Waals surface area contributed by atoms with E-state index in [1.165, 1.54) is 35.6 Å². The Morgan fingerprint density at radius 2 is 1.55 bits per heavy atom. The van der Waals surface area contributed by atoms with Crippen LogP contribution in [0.4, 0.5) is 0 Å². The lowest BCUT2D eigenvalue weighted by molar-refractivity contribution is -0.139. The summed E-state index contributed by atoms with van der Waals surface area (Å²) in [6.45, 7) is 6.19. The number of nitrogens with two attached hydrogens (primary N) is 1. The monoisotopic (exact) mass is 972 g/mol. The van der Waals surface area contributed by atoms with Gasteiger partial charge in [-0.05, 0) is 68.4 Å². The summed E-state index contributed by atoms with van der Waals surface area (Å²) in [4.78, 5) is 97.2. The predicted octanol–water partition coefficient (Wildman–Crippen LogP) is 3.31. The molecule has 370 valence electrons. The van der Waals surface area contributed by atoms with Gasteiger partial charge < -0.3 is 46.5 Å². The molecule has 19 nitrogen and oxygen atoms in total. The molecule has 6 amide bonds. The third kappa shape index (κ3) is 18.6. The number of aliphatic hydroxyl groups excluding tert-OH is 1. The molecule has 3 heterocycles. The highest BCUT2D eigenvalue weighted by atomic mass is 32.1. The number of hydrogen-bond acceptors (Lipinski definition) is 12. The SMILES string of the molecule is CC(=O)N1CCC[C@H]1C(=O)N[C@@H](CC(C)C)C(=O)N[C@@H](Cc1cncn1CCCCCCCCc1ccccc1)C(=O)N[C@@H](CO)C(=O)NC(C(N)=O)[C@@H](C)OP(=O)(O)OCCc1cccs1. The van der Waals surface area contributed by atoms with Crippen LogP contribution in [-0.4, -0.2) is 116 Å². The molecule has 0 aliphatic carbocycles. The number of benzene rings is 1. The molecule has 1 aliphatic rings. The van der Waals surface area contributed by atoms with Crippen molar-refractivity contribution in [2.75, 3.05) is 19.8 Å². The number of rotatable bonds is 30. The molecule has 1 fully saturated rings. The molecule has 3 aromatic rings. The number of aryl methyl sites for hydroxylation is 2. The number of carbonyl (C=O) groups excluding carboxylic acids is 6. The van der Waals surface area contributed by atoms with Gasteiger partial charge in [0.2, 0.25) is 35.4 Å². The Balaban J connectivity index is 1.45. The third-order valence-corrected chi connectivity index (χ3v) is 13.5. The number of likely N-dealkylation sites (tertiary alicyclic amines) is 1. The van der Waals surface area contributed by atoms with Crippen LogP contribution in [0.2, 0.25) is 0 Å². The fraction of sp³-hybridized carbons (Fsp3) is 0.587. The zero-order chi connectivity index (χ0) is 48.9. The molecule has 0 radical (unpaired) electrons. The van der Waals surface area contributed by atoms with Crippen molar-refractivity contribution in [1.82, 2.24) is 35.7 Å². The number of unbranched alkanes of at least 4 members (excludes halogenated alkanes) is 5. The van der Waals surface area contributed by atoms with E-state index in [4.69, 9.17) is 14.8 Å². The largest absolute Gasteiger partial charge is 0.472 e. The van der Waals surface area contributed by atoms with Crippen LogP contribution in [0.25, 0.3) is 0 Å². The Morgan fingerprint density at radius 3 is 2.21 bits per heavy atom. The molecule has 1 aliphatic heterocycles. The van der Waals surface area contributed by atoms with Crippen LogP contribution in [0.3, 0.4) is 0 Å². The Bertz CT molecular complexity index is 2090. The number of phosphoric ester groups is 1. The van der Waals surface area contributed by atoms with Gasteiger partial charge >= 0.3 is 7.82 Å². The highest BCUT2D eigenvalue weighted by molar-refractivity contribution is 7.47. The standard InChI is InChI=1S/C46H69N8O11PS/c1-31(2)26-37(50-46(61)40-20-14-23-54(40)33(4)56)43(58)49-38(27-35-28-48-30-53(35)22-13-8-6-5-7-10-16-34-17-11-9-12-18-34)44(59)51-39(29-55)45(60)52-41(42(47)57)32(3)65-66(62,63)64-24-21-36-19-15-25-67-36/h9,11-12,15,17-19,25,28,30-32,37-41,55H,5-8,10,13-14,16,20-24,26-27,29H2,1-4H3,(H2,47,57)(H,49,58)(H,50,61)(H,51,59)(H,52,60)(H,62,63)/t32-,37+,38+,39+,40+,41?/m1/s1. The molecule has 0 saturated carbocycles. The van der Waals surface area contributed by atoms with Crippen molar-refractivity contribution >= 4 is 54.6 Å². The second kappa shape index (κ2) is 27.7. The number of nitrogens with zero attached hydrogens (tertiary/aromatic N) is 3. The third-order valence-electron chi connectivity index (χ3n) is 11.5. The Labute approximate surface area is 396 Å². The van der Waals surface area contributed by atoms with E-state index in [2.05, 4.69) is 38.4 Å². The van der Waals surface area contributed by atoms with E-state index in [-0.39, 0.29) is 31.3 Å². The molecular formula is C46H69N8O11PS. The summed E-state index contributed by atoms with van der Waals surface area (Å²) in [5, 5.41) is 22.5. The average Bonchev–Trinajstić information content (AvgIpc) is 4.08. The Hall–Kier alpha value is -4.98. The maximum atomic E-state index is 14.2. The van der Waals surface area contributed by atoms with E-state index in [0.717, 1.165) is 49.8 Å². The van der Waals surface area contributed by atoms with E-state index in [1.807, 2.05) is 54.1 Å². The molecule has 0 spiro atoms. The van der Waals surface area contributed by atoms with E-state index in [0.29, 0.717) is 38.0 Å². The zero-order valence-corrected chi connectivity index (χ0v) is 40.7. The highest BCUT2D eigenvalue weighted by Crippen LogP contribution is 2.45. The number of amides is 6. The average molecular weight is 973 g/mol.